The molecule has 0 N–H and O–H groups in total. The molecule has 2 rings (SSSR count). The number of hydrogen-bond donors (Lipinski definition) is 0. The van der Waals surface area contributed by atoms with E-state index in [-0.39, 0.29) is 6.10 Å². The predicted molar refractivity (Wildman–Crippen MR) is 59.7 cm³/mol. The maximum Gasteiger partial charge on any atom is 0.225 e. The Morgan fingerprint density at radius 1 is 1.50 bits per heavy atom. The molecule has 0 bridgehead atoms. The minimum absolute atomic E-state index is 0.192. The van der Waals surface area contributed by atoms with Crippen molar-refractivity contribution in [2.45, 2.75) is 19.4 Å². The van der Waals surface area contributed by atoms with Gasteiger partial charge in [-0.05, 0) is 13.3 Å². The highest BCUT2D eigenvalue weighted by Crippen LogP contribution is 2.12. The van der Waals surface area contributed by atoms with E-state index in [2.05, 4.69) is 14.9 Å². The summed E-state index contributed by atoms with van der Waals surface area (Å²) in [5.41, 5.74) is 0.503. The minimum atomic E-state index is 0.192. The molecular formula is C11H15N3O2. The number of nitrogens with zero attached hydrogens (tertiary/aromatic N) is 3. The van der Waals surface area contributed by atoms with E-state index in [9.17, 15) is 4.79 Å². The van der Waals surface area contributed by atoms with Crippen LogP contribution in [0.1, 0.15) is 23.7 Å². The summed E-state index contributed by atoms with van der Waals surface area (Å²) in [4.78, 5) is 20.9. The highest BCUT2D eigenvalue weighted by molar-refractivity contribution is 5.73. The van der Waals surface area contributed by atoms with Crippen molar-refractivity contribution in [1.29, 1.82) is 0 Å². The Labute approximate surface area is 94.5 Å². The maximum absolute atomic E-state index is 10.5. The summed E-state index contributed by atoms with van der Waals surface area (Å²) in [7, 11) is 0. The minimum Gasteiger partial charge on any atom is -0.377 e. The molecule has 0 saturated carbocycles. The van der Waals surface area contributed by atoms with Crippen LogP contribution in [0.5, 0.6) is 0 Å². The van der Waals surface area contributed by atoms with E-state index >= 15 is 0 Å². The number of carbonyl (C=O) groups excluding carboxylic acids is 1. The van der Waals surface area contributed by atoms with E-state index < -0.39 is 0 Å². The second kappa shape index (κ2) is 5.03. The molecule has 0 aromatic carbocycles. The smallest absolute Gasteiger partial charge is 0.225 e. The highest BCUT2D eigenvalue weighted by atomic mass is 16.5. The largest absolute Gasteiger partial charge is 0.377 e. The van der Waals surface area contributed by atoms with Crippen LogP contribution >= 0.6 is 0 Å². The van der Waals surface area contributed by atoms with Crippen LogP contribution in [0.15, 0.2) is 12.4 Å². The third-order valence-corrected chi connectivity index (χ3v) is 2.53. The molecule has 1 saturated heterocycles. The Bertz CT molecular complexity index is 353. The first-order valence-electron chi connectivity index (χ1n) is 5.43. The van der Waals surface area contributed by atoms with Gasteiger partial charge in [-0.2, -0.15) is 0 Å². The molecule has 2 heterocycles. The van der Waals surface area contributed by atoms with Gasteiger partial charge < -0.3 is 9.64 Å². The lowest BCUT2D eigenvalue weighted by Gasteiger charge is -2.21. The van der Waals surface area contributed by atoms with E-state index in [0.29, 0.717) is 11.5 Å². The molecule has 1 aliphatic heterocycles. The van der Waals surface area contributed by atoms with Crippen molar-refractivity contribution in [1.82, 2.24) is 9.97 Å². The highest BCUT2D eigenvalue weighted by Gasteiger charge is 2.16. The van der Waals surface area contributed by atoms with Gasteiger partial charge in [-0.15, -0.1) is 0 Å². The van der Waals surface area contributed by atoms with Gasteiger partial charge >= 0.3 is 0 Å². The Balaban J connectivity index is 2.11. The number of ether oxygens (including phenoxy) is 1. The number of rotatable bonds is 2. The Morgan fingerprint density at radius 3 is 2.94 bits per heavy atom. The van der Waals surface area contributed by atoms with Gasteiger partial charge in [0.1, 0.15) is 0 Å². The van der Waals surface area contributed by atoms with Crippen LogP contribution in [0.25, 0.3) is 0 Å². The number of anilines is 1. The zero-order valence-electron chi connectivity index (χ0n) is 9.30. The third kappa shape index (κ3) is 2.55. The molecule has 0 radical (unpaired) electrons. The molecule has 1 aliphatic rings. The number of hydrogen-bond acceptors (Lipinski definition) is 5. The molecule has 1 aromatic rings. The second-order valence-corrected chi connectivity index (χ2v) is 3.92. The average molecular weight is 221 g/mol. The molecule has 5 nitrogen and oxygen atoms in total. The van der Waals surface area contributed by atoms with Crippen LogP contribution in [-0.4, -0.2) is 42.1 Å². The maximum atomic E-state index is 10.5. The van der Waals surface area contributed by atoms with Crippen molar-refractivity contribution in [3.8, 4) is 0 Å². The Morgan fingerprint density at radius 2 is 2.25 bits per heavy atom. The van der Waals surface area contributed by atoms with Gasteiger partial charge in [0.15, 0.2) is 6.29 Å². The van der Waals surface area contributed by atoms with Crippen molar-refractivity contribution in [2.75, 3.05) is 24.6 Å². The molecule has 5 heteroatoms. The summed E-state index contributed by atoms with van der Waals surface area (Å²) in [6.45, 7) is 4.51. The molecule has 1 atom stereocenters. The molecule has 86 valence electrons. The average Bonchev–Trinajstić information content (AvgIpc) is 2.54. The standard InChI is InChI=1S/C11H15N3O2/c1-9-7-14(3-2-4-16-9)11-12-5-10(8-15)6-13-11/h5-6,8-9H,2-4,7H2,1H3. The summed E-state index contributed by atoms with van der Waals surface area (Å²) in [5.74, 6) is 0.669. The lowest BCUT2D eigenvalue weighted by atomic mass is 10.3. The lowest BCUT2D eigenvalue weighted by Crippen LogP contribution is -2.31. The molecule has 0 aliphatic carbocycles. The first kappa shape index (κ1) is 11.0. The summed E-state index contributed by atoms with van der Waals surface area (Å²) >= 11 is 0. The van der Waals surface area contributed by atoms with E-state index in [4.69, 9.17) is 4.74 Å². The lowest BCUT2D eigenvalue weighted by molar-refractivity contribution is 0.0820. The van der Waals surface area contributed by atoms with Crippen molar-refractivity contribution in [3.05, 3.63) is 18.0 Å². The van der Waals surface area contributed by atoms with Gasteiger partial charge in [0.2, 0.25) is 5.95 Å². The topological polar surface area (TPSA) is 55.3 Å². The fourth-order valence-electron chi connectivity index (χ4n) is 1.73. The quantitative estimate of drug-likeness (QED) is 0.695. The first-order chi connectivity index (χ1) is 7.79. The molecule has 1 unspecified atom stereocenters. The normalized spacial score (nSPS) is 21.6. The molecular weight excluding hydrogens is 206 g/mol. The monoisotopic (exact) mass is 221 g/mol. The van der Waals surface area contributed by atoms with Gasteiger partial charge in [-0.1, -0.05) is 0 Å². The summed E-state index contributed by atoms with van der Waals surface area (Å²) < 4.78 is 5.55. The van der Waals surface area contributed by atoms with Gasteiger partial charge in [-0.25, -0.2) is 9.97 Å². The van der Waals surface area contributed by atoms with Crippen LogP contribution in [-0.2, 0) is 4.74 Å². The van der Waals surface area contributed by atoms with Crippen LogP contribution in [0, 0.1) is 0 Å². The van der Waals surface area contributed by atoms with Crippen LogP contribution in [0.4, 0.5) is 5.95 Å². The third-order valence-electron chi connectivity index (χ3n) is 2.53. The molecule has 1 fully saturated rings. The van der Waals surface area contributed by atoms with Gasteiger partial charge in [0.05, 0.1) is 11.7 Å². The Hall–Kier alpha value is -1.49. The van der Waals surface area contributed by atoms with Crippen molar-refractivity contribution < 1.29 is 9.53 Å². The molecule has 0 spiro atoms. The van der Waals surface area contributed by atoms with E-state index in [1.807, 2.05) is 6.92 Å². The number of aromatic nitrogens is 2. The Kier molecular flexibility index (Phi) is 3.46. The van der Waals surface area contributed by atoms with Crippen LogP contribution in [0.3, 0.4) is 0 Å². The van der Waals surface area contributed by atoms with Crippen molar-refractivity contribution >= 4 is 12.2 Å². The first-order valence-corrected chi connectivity index (χ1v) is 5.43. The fraction of sp³-hybridized carbons (Fsp3) is 0.545. The fourth-order valence-corrected chi connectivity index (χ4v) is 1.73. The number of carbonyl (C=O) groups is 1. The van der Waals surface area contributed by atoms with Gasteiger partial charge in [0.25, 0.3) is 0 Å². The second-order valence-electron chi connectivity index (χ2n) is 3.92. The van der Waals surface area contributed by atoms with Gasteiger partial charge in [-0.3, -0.25) is 4.79 Å². The van der Waals surface area contributed by atoms with Crippen molar-refractivity contribution in [2.24, 2.45) is 0 Å². The molecule has 1 aromatic heterocycles. The van der Waals surface area contributed by atoms with E-state index in [1.165, 1.54) is 0 Å². The zero-order valence-corrected chi connectivity index (χ0v) is 9.30. The SMILES string of the molecule is CC1CN(c2ncc(C=O)cn2)CCCO1. The predicted octanol–water partition coefficient (Wildman–Crippen LogP) is 0.904. The summed E-state index contributed by atoms with van der Waals surface area (Å²) in [6.07, 6.45) is 5.01. The van der Waals surface area contributed by atoms with E-state index in [1.54, 1.807) is 12.4 Å². The zero-order chi connectivity index (χ0) is 11.4. The van der Waals surface area contributed by atoms with Crippen LogP contribution < -0.4 is 4.90 Å². The van der Waals surface area contributed by atoms with Gasteiger partial charge in [0, 0.05) is 32.1 Å². The number of aldehydes is 1. The summed E-state index contributed by atoms with van der Waals surface area (Å²) in [6, 6.07) is 0. The van der Waals surface area contributed by atoms with Crippen molar-refractivity contribution in [3.63, 3.8) is 0 Å². The summed E-state index contributed by atoms with van der Waals surface area (Å²) in [5, 5.41) is 0. The molecule has 0 amide bonds. The molecule has 16 heavy (non-hydrogen) atoms. The van der Waals surface area contributed by atoms with Crippen LogP contribution in [0.2, 0.25) is 0 Å². The van der Waals surface area contributed by atoms with E-state index in [0.717, 1.165) is 32.4 Å².